The Morgan fingerprint density at radius 1 is 1.09 bits per heavy atom. The van der Waals surface area contributed by atoms with Crippen LogP contribution in [0.5, 0.6) is 0 Å². The standard InChI is InChI=1S/C18H19FN4/c1-23-13-16(18(22-23)15-7-10-20-11-8-15)12-21-9-6-14-2-4-17(19)5-3-14/h2-5,7-8,10-11,13,21H,6,9,12H2,1H3. The van der Waals surface area contributed by atoms with Gasteiger partial charge in [-0.1, -0.05) is 12.1 Å². The summed E-state index contributed by atoms with van der Waals surface area (Å²) in [6, 6.07) is 10.6. The van der Waals surface area contributed by atoms with Gasteiger partial charge in [0, 0.05) is 43.3 Å². The quantitative estimate of drug-likeness (QED) is 0.712. The van der Waals surface area contributed by atoms with Crippen LogP contribution in [0.1, 0.15) is 11.1 Å². The number of benzene rings is 1. The lowest BCUT2D eigenvalue weighted by Crippen LogP contribution is -2.16. The second-order valence-corrected chi connectivity index (χ2v) is 5.47. The minimum absolute atomic E-state index is 0.195. The van der Waals surface area contributed by atoms with E-state index in [0.29, 0.717) is 0 Å². The zero-order chi connectivity index (χ0) is 16.1. The fraction of sp³-hybridized carbons (Fsp3) is 0.222. The van der Waals surface area contributed by atoms with Crippen molar-refractivity contribution in [2.75, 3.05) is 6.54 Å². The van der Waals surface area contributed by atoms with Crippen LogP contribution in [-0.2, 0) is 20.0 Å². The van der Waals surface area contributed by atoms with Crippen molar-refractivity contribution in [3.63, 3.8) is 0 Å². The van der Waals surface area contributed by atoms with E-state index < -0.39 is 0 Å². The Bertz CT molecular complexity index is 750. The topological polar surface area (TPSA) is 42.7 Å². The van der Waals surface area contributed by atoms with Crippen molar-refractivity contribution in [2.45, 2.75) is 13.0 Å². The summed E-state index contributed by atoms with van der Waals surface area (Å²) in [6.45, 7) is 1.57. The summed E-state index contributed by atoms with van der Waals surface area (Å²) >= 11 is 0. The average molecular weight is 310 g/mol. The molecule has 118 valence electrons. The smallest absolute Gasteiger partial charge is 0.123 e. The van der Waals surface area contributed by atoms with Gasteiger partial charge in [0.05, 0.1) is 5.69 Å². The van der Waals surface area contributed by atoms with Crippen LogP contribution in [-0.4, -0.2) is 21.3 Å². The van der Waals surface area contributed by atoms with Crippen LogP contribution in [0.4, 0.5) is 4.39 Å². The molecule has 0 aliphatic rings. The zero-order valence-corrected chi connectivity index (χ0v) is 13.0. The van der Waals surface area contributed by atoms with Crippen molar-refractivity contribution in [2.24, 2.45) is 7.05 Å². The third-order valence-electron chi connectivity index (χ3n) is 3.68. The third kappa shape index (κ3) is 4.02. The molecule has 5 heteroatoms. The Labute approximate surface area is 135 Å². The van der Waals surface area contributed by atoms with Gasteiger partial charge in [-0.15, -0.1) is 0 Å². The van der Waals surface area contributed by atoms with E-state index in [1.54, 1.807) is 12.4 Å². The Hall–Kier alpha value is -2.53. The largest absolute Gasteiger partial charge is 0.312 e. The summed E-state index contributed by atoms with van der Waals surface area (Å²) in [7, 11) is 1.92. The molecule has 1 aromatic carbocycles. The summed E-state index contributed by atoms with van der Waals surface area (Å²) in [5.74, 6) is -0.195. The van der Waals surface area contributed by atoms with Crippen molar-refractivity contribution in [3.05, 3.63) is 71.9 Å². The predicted octanol–water partition coefficient (Wildman–Crippen LogP) is 2.95. The van der Waals surface area contributed by atoms with Crippen LogP contribution < -0.4 is 5.32 Å². The highest BCUT2D eigenvalue weighted by Gasteiger charge is 2.09. The Balaban J connectivity index is 1.59. The summed E-state index contributed by atoms with van der Waals surface area (Å²) < 4.78 is 14.7. The first kappa shape index (κ1) is 15.4. The first-order valence-corrected chi connectivity index (χ1v) is 7.60. The minimum atomic E-state index is -0.195. The van der Waals surface area contributed by atoms with Crippen molar-refractivity contribution < 1.29 is 4.39 Å². The van der Waals surface area contributed by atoms with Gasteiger partial charge in [0.15, 0.2) is 0 Å². The van der Waals surface area contributed by atoms with Crippen molar-refractivity contribution in [3.8, 4) is 11.3 Å². The molecule has 0 fully saturated rings. The fourth-order valence-electron chi connectivity index (χ4n) is 2.53. The summed E-state index contributed by atoms with van der Waals surface area (Å²) in [5, 5.41) is 7.96. The van der Waals surface area contributed by atoms with Crippen molar-refractivity contribution in [1.29, 1.82) is 0 Å². The molecular formula is C18H19FN4. The van der Waals surface area contributed by atoms with Gasteiger partial charge < -0.3 is 5.32 Å². The first-order chi connectivity index (χ1) is 11.2. The molecule has 0 aliphatic heterocycles. The average Bonchev–Trinajstić information content (AvgIpc) is 2.95. The zero-order valence-electron chi connectivity index (χ0n) is 13.0. The molecule has 3 rings (SSSR count). The molecule has 0 aliphatic carbocycles. The lowest BCUT2D eigenvalue weighted by Gasteiger charge is -2.05. The number of hydrogen-bond acceptors (Lipinski definition) is 3. The molecule has 23 heavy (non-hydrogen) atoms. The van der Waals surface area contributed by atoms with Crippen LogP contribution >= 0.6 is 0 Å². The number of aromatic nitrogens is 3. The van der Waals surface area contributed by atoms with Gasteiger partial charge in [0.2, 0.25) is 0 Å². The maximum absolute atomic E-state index is 12.9. The van der Waals surface area contributed by atoms with E-state index in [4.69, 9.17) is 0 Å². The second kappa shape index (κ2) is 7.15. The highest BCUT2D eigenvalue weighted by Crippen LogP contribution is 2.20. The highest BCUT2D eigenvalue weighted by molar-refractivity contribution is 5.61. The van der Waals surface area contributed by atoms with Crippen LogP contribution in [0, 0.1) is 5.82 Å². The van der Waals surface area contributed by atoms with E-state index in [2.05, 4.69) is 15.4 Å². The van der Waals surface area contributed by atoms with Crippen molar-refractivity contribution in [1.82, 2.24) is 20.1 Å². The number of pyridine rings is 1. The Kier molecular flexibility index (Phi) is 4.78. The number of aryl methyl sites for hydroxylation is 1. The molecule has 0 atom stereocenters. The van der Waals surface area contributed by atoms with Gasteiger partial charge in [-0.25, -0.2) is 4.39 Å². The summed E-state index contributed by atoms with van der Waals surface area (Å²) in [4.78, 5) is 4.05. The molecule has 0 unspecified atom stereocenters. The van der Waals surface area contributed by atoms with E-state index in [1.807, 2.05) is 42.2 Å². The maximum atomic E-state index is 12.9. The maximum Gasteiger partial charge on any atom is 0.123 e. The molecule has 2 heterocycles. The third-order valence-corrected chi connectivity index (χ3v) is 3.68. The number of halogens is 1. The molecule has 0 radical (unpaired) electrons. The molecule has 0 spiro atoms. The van der Waals surface area contributed by atoms with E-state index in [0.717, 1.165) is 41.9 Å². The lowest BCUT2D eigenvalue weighted by molar-refractivity contribution is 0.626. The van der Waals surface area contributed by atoms with Gasteiger partial charge in [-0.2, -0.15) is 5.10 Å². The van der Waals surface area contributed by atoms with E-state index in [-0.39, 0.29) is 5.82 Å². The van der Waals surface area contributed by atoms with Gasteiger partial charge in [0.1, 0.15) is 5.82 Å². The van der Waals surface area contributed by atoms with Crippen LogP contribution in [0.3, 0.4) is 0 Å². The molecule has 0 saturated carbocycles. The van der Waals surface area contributed by atoms with Crippen LogP contribution in [0.25, 0.3) is 11.3 Å². The molecule has 0 saturated heterocycles. The van der Waals surface area contributed by atoms with Crippen LogP contribution in [0.15, 0.2) is 55.0 Å². The Morgan fingerprint density at radius 3 is 2.57 bits per heavy atom. The second-order valence-electron chi connectivity index (χ2n) is 5.47. The van der Waals surface area contributed by atoms with Gasteiger partial charge in [0.25, 0.3) is 0 Å². The lowest BCUT2D eigenvalue weighted by atomic mass is 10.1. The molecule has 0 bridgehead atoms. The number of rotatable bonds is 6. The number of nitrogens with zero attached hydrogens (tertiary/aromatic N) is 3. The van der Waals surface area contributed by atoms with Gasteiger partial charge in [-0.05, 0) is 42.8 Å². The molecule has 0 amide bonds. The molecule has 2 aromatic heterocycles. The van der Waals surface area contributed by atoms with Crippen LogP contribution in [0.2, 0.25) is 0 Å². The molecule has 3 aromatic rings. The van der Waals surface area contributed by atoms with Gasteiger partial charge in [-0.3, -0.25) is 9.67 Å². The van der Waals surface area contributed by atoms with Gasteiger partial charge >= 0.3 is 0 Å². The SMILES string of the molecule is Cn1cc(CNCCc2ccc(F)cc2)c(-c2ccncc2)n1. The van der Waals surface area contributed by atoms with E-state index in [9.17, 15) is 4.39 Å². The Morgan fingerprint density at radius 2 is 1.83 bits per heavy atom. The van der Waals surface area contributed by atoms with E-state index in [1.165, 1.54) is 12.1 Å². The highest BCUT2D eigenvalue weighted by atomic mass is 19.1. The molecular weight excluding hydrogens is 291 g/mol. The first-order valence-electron chi connectivity index (χ1n) is 7.60. The molecule has 1 N–H and O–H groups in total. The normalized spacial score (nSPS) is 10.9. The monoisotopic (exact) mass is 310 g/mol. The summed E-state index contributed by atoms with van der Waals surface area (Å²) in [6.07, 6.45) is 6.44. The van der Waals surface area contributed by atoms with Crippen molar-refractivity contribution >= 4 is 0 Å². The summed E-state index contributed by atoms with van der Waals surface area (Å²) in [5.41, 5.74) is 4.32. The molecule has 4 nitrogen and oxygen atoms in total. The number of hydrogen-bond donors (Lipinski definition) is 1. The van der Waals surface area contributed by atoms with E-state index >= 15 is 0 Å². The number of nitrogens with one attached hydrogen (secondary N) is 1. The predicted molar refractivity (Wildman–Crippen MR) is 88.2 cm³/mol. The fourth-order valence-corrected chi connectivity index (χ4v) is 2.53. The minimum Gasteiger partial charge on any atom is -0.312 e.